The Morgan fingerprint density at radius 1 is 1.03 bits per heavy atom. The van der Waals surface area contributed by atoms with Crippen LogP contribution in [0.15, 0.2) is 48.5 Å². The van der Waals surface area contributed by atoms with Gasteiger partial charge in [-0.25, -0.2) is 0 Å². The Kier molecular flexibility index (Phi) is 7.89. The number of amides is 2. The van der Waals surface area contributed by atoms with Gasteiger partial charge in [0.05, 0.1) is 5.56 Å². The smallest absolute Gasteiger partial charge is 0.253 e. The van der Waals surface area contributed by atoms with Gasteiger partial charge in [-0.2, -0.15) is 0 Å². The third-order valence-corrected chi connectivity index (χ3v) is 5.70. The van der Waals surface area contributed by atoms with Crippen molar-refractivity contribution < 1.29 is 9.59 Å². The van der Waals surface area contributed by atoms with E-state index < -0.39 is 0 Å². The quantitative estimate of drug-likeness (QED) is 0.662. The Labute approximate surface area is 179 Å². The van der Waals surface area contributed by atoms with Crippen LogP contribution < -0.4 is 15.5 Å². The van der Waals surface area contributed by atoms with Crippen LogP contribution in [0.25, 0.3) is 0 Å². The van der Waals surface area contributed by atoms with Crippen LogP contribution in [-0.2, 0) is 11.2 Å². The lowest BCUT2D eigenvalue weighted by molar-refractivity contribution is -0.116. The number of aryl methyl sites for hydroxylation is 1. The largest absolute Gasteiger partial charge is 0.371 e. The van der Waals surface area contributed by atoms with Gasteiger partial charge in [0.2, 0.25) is 5.91 Å². The molecule has 2 aromatic rings. The first kappa shape index (κ1) is 21.9. The summed E-state index contributed by atoms with van der Waals surface area (Å²) in [6.45, 7) is 5.99. The van der Waals surface area contributed by atoms with Gasteiger partial charge in [0.15, 0.2) is 0 Å². The Bertz CT molecular complexity index is 845. The van der Waals surface area contributed by atoms with Gasteiger partial charge in [-0.3, -0.25) is 9.59 Å². The molecule has 1 aliphatic heterocycles. The number of piperidine rings is 1. The van der Waals surface area contributed by atoms with Gasteiger partial charge in [0.1, 0.15) is 0 Å². The second kappa shape index (κ2) is 10.8. The predicted molar refractivity (Wildman–Crippen MR) is 123 cm³/mol. The molecule has 0 saturated carbocycles. The van der Waals surface area contributed by atoms with Crippen molar-refractivity contribution in [3.05, 3.63) is 59.7 Å². The SMILES string of the molecule is CC[C@H](C)NC(=O)c1cc(NC(=O)CCc2ccccc2)ccc1N1CCCCC1. The highest BCUT2D eigenvalue weighted by molar-refractivity contribution is 6.02. The fourth-order valence-electron chi connectivity index (χ4n) is 3.74. The molecule has 2 amide bonds. The molecule has 0 radical (unpaired) electrons. The molecule has 0 unspecified atom stereocenters. The van der Waals surface area contributed by atoms with Crippen LogP contribution in [0.3, 0.4) is 0 Å². The molecule has 1 aliphatic rings. The minimum Gasteiger partial charge on any atom is -0.371 e. The van der Waals surface area contributed by atoms with Crippen molar-refractivity contribution >= 4 is 23.2 Å². The fraction of sp³-hybridized carbons (Fsp3) is 0.440. The van der Waals surface area contributed by atoms with E-state index in [9.17, 15) is 9.59 Å². The van der Waals surface area contributed by atoms with Crippen molar-refractivity contribution in [2.75, 3.05) is 23.3 Å². The molecule has 1 saturated heterocycles. The van der Waals surface area contributed by atoms with Gasteiger partial charge in [-0.15, -0.1) is 0 Å². The number of hydrogen-bond donors (Lipinski definition) is 2. The zero-order chi connectivity index (χ0) is 21.3. The Morgan fingerprint density at radius 3 is 2.47 bits per heavy atom. The van der Waals surface area contributed by atoms with E-state index in [1.54, 1.807) is 0 Å². The van der Waals surface area contributed by atoms with Crippen LogP contribution in [0.5, 0.6) is 0 Å². The number of benzene rings is 2. The molecule has 1 fully saturated rings. The summed E-state index contributed by atoms with van der Waals surface area (Å²) in [5.41, 5.74) is 3.40. The van der Waals surface area contributed by atoms with Gasteiger partial charge in [-0.1, -0.05) is 37.3 Å². The monoisotopic (exact) mass is 407 g/mol. The van der Waals surface area contributed by atoms with E-state index in [2.05, 4.69) is 22.5 Å². The summed E-state index contributed by atoms with van der Waals surface area (Å²) in [6.07, 6.45) is 5.50. The van der Waals surface area contributed by atoms with Crippen molar-refractivity contribution in [1.82, 2.24) is 5.32 Å². The lowest BCUT2D eigenvalue weighted by Crippen LogP contribution is -2.35. The highest BCUT2D eigenvalue weighted by atomic mass is 16.2. The molecule has 0 bridgehead atoms. The number of rotatable bonds is 8. The molecule has 3 rings (SSSR count). The van der Waals surface area contributed by atoms with Gasteiger partial charge >= 0.3 is 0 Å². The predicted octanol–water partition coefficient (Wildman–Crippen LogP) is 4.78. The number of anilines is 2. The first-order valence-electron chi connectivity index (χ1n) is 11.1. The maximum absolute atomic E-state index is 13.0. The maximum atomic E-state index is 13.0. The van der Waals surface area contributed by atoms with E-state index in [1.807, 2.05) is 55.5 Å². The average Bonchev–Trinajstić information content (AvgIpc) is 2.78. The molecule has 2 aromatic carbocycles. The molecule has 5 heteroatoms. The summed E-state index contributed by atoms with van der Waals surface area (Å²) < 4.78 is 0. The van der Waals surface area contributed by atoms with E-state index in [0.717, 1.165) is 43.6 Å². The molecule has 0 spiro atoms. The van der Waals surface area contributed by atoms with Crippen LogP contribution in [0.4, 0.5) is 11.4 Å². The second-order valence-electron chi connectivity index (χ2n) is 8.10. The highest BCUT2D eigenvalue weighted by Gasteiger charge is 2.20. The van der Waals surface area contributed by atoms with Crippen molar-refractivity contribution in [3.8, 4) is 0 Å². The lowest BCUT2D eigenvalue weighted by Gasteiger charge is -2.31. The minimum absolute atomic E-state index is 0.0436. The first-order chi connectivity index (χ1) is 14.6. The number of carbonyl (C=O) groups is 2. The van der Waals surface area contributed by atoms with Crippen LogP contribution >= 0.6 is 0 Å². The molecule has 1 heterocycles. The van der Waals surface area contributed by atoms with Crippen molar-refractivity contribution in [1.29, 1.82) is 0 Å². The van der Waals surface area contributed by atoms with E-state index in [1.165, 1.54) is 6.42 Å². The zero-order valence-corrected chi connectivity index (χ0v) is 18.1. The Balaban J connectivity index is 1.73. The van der Waals surface area contributed by atoms with Crippen molar-refractivity contribution in [2.24, 2.45) is 0 Å². The lowest BCUT2D eigenvalue weighted by atomic mass is 10.0. The van der Waals surface area contributed by atoms with E-state index >= 15 is 0 Å². The average molecular weight is 408 g/mol. The zero-order valence-electron chi connectivity index (χ0n) is 18.1. The Morgan fingerprint density at radius 2 is 1.77 bits per heavy atom. The van der Waals surface area contributed by atoms with Gasteiger partial charge < -0.3 is 15.5 Å². The fourth-order valence-corrected chi connectivity index (χ4v) is 3.74. The summed E-state index contributed by atoms with van der Waals surface area (Å²) in [5.74, 6) is -0.122. The number of nitrogens with zero attached hydrogens (tertiary/aromatic N) is 1. The number of carbonyl (C=O) groups excluding carboxylic acids is 2. The first-order valence-corrected chi connectivity index (χ1v) is 11.1. The van der Waals surface area contributed by atoms with E-state index in [-0.39, 0.29) is 17.9 Å². The van der Waals surface area contributed by atoms with Crippen LogP contribution in [0, 0.1) is 0 Å². The molecule has 5 nitrogen and oxygen atoms in total. The normalized spacial score (nSPS) is 14.8. The van der Waals surface area contributed by atoms with Crippen molar-refractivity contribution in [2.45, 2.75) is 58.4 Å². The Hall–Kier alpha value is -2.82. The van der Waals surface area contributed by atoms with Gasteiger partial charge in [0.25, 0.3) is 5.91 Å². The second-order valence-corrected chi connectivity index (χ2v) is 8.10. The summed E-state index contributed by atoms with van der Waals surface area (Å²) >= 11 is 0. The third-order valence-electron chi connectivity index (χ3n) is 5.70. The molecule has 1 atom stereocenters. The standard InChI is InChI=1S/C25H33N3O2/c1-3-19(2)26-25(30)22-18-21(13-14-23(22)28-16-8-5-9-17-28)27-24(29)15-12-20-10-6-4-7-11-20/h4,6-7,10-11,13-14,18-19H,3,5,8-9,12,15-17H2,1-2H3,(H,26,30)(H,27,29)/t19-/m0/s1. The van der Waals surface area contributed by atoms with Gasteiger partial charge in [0, 0.05) is 36.9 Å². The molecular formula is C25H33N3O2. The molecular weight excluding hydrogens is 374 g/mol. The minimum atomic E-state index is -0.0784. The molecule has 160 valence electrons. The molecule has 30 heavy (non-hydrogen) atoms. The number of nitrogens with one attached hydrogen (secondary N) is 2. The van der Waals surface area contributed by atoms with Crippen LogP contribution in [-0.4, -0.2) is 30.9 Å². The summed E-state index contributed by atoms with van der Waals surface area (Å²) in [4.78, 5) is 27.7. The third kappa shape index (κ3) is 6.09. The molecule has 2 N–H and O–H groups in total. The molecule has 0 aromatic heterocycles. The van der Waals surface area contributed by atoms with Crippen LogP contribution in [0.2, 0.25) is 0 Å². The summed E-state index contributed by atoms with van der Waals surface area (Å²) in [7, 11) is 0. The molecule has 0 aliphatic carbocycles. The summed E-state index contributed by atoms with van der Waals surface area (Å²) in [6, 6.07) is 15.8. The van der Waals surface area contributed by atoms with Crippen LogP contribution in [0.1, 0.15) is 61.9 Å². The van der Waals surface area contributed by atoms with E-state index in [0.29, 0.717) is 24.1 Å². The highest BCUT2D eigenvalue weighted by Crippen LogP contribution is 2.27. The van der Waals surface area contributed by atoms with E-state index in [4.69, 9.17) is 0 Å². The van der Waals surface area contributed by atoms with Crippen molar-refractivity contribution in [3.63, 3.8) is 0 Å². The topological polar surface area (TPSA) is 61.4 Å². The summed E-state index contributed by atoms with van der Waals surface area (Å²) in [5, 5.41) is 6.04. The maximum Gasteiger partial charge on any atom is 0.253 e. The number of hydrogen-bond acceptors (Lipinski definition) is 3. The van der Waals surface area contributed by atoms with Gasteiger partial charge in [-0.05, 0) is 62.8 Å².